The minimum absolute atomic E-state index is 0.156. The largest absolute Gasteiger partial charge is 0.491 e. The number of carbonyl (C=O) groups excluding carboxylic acids is 1. The molecule has 1 aromatic carbocycles. The molecule has 1 aliphatic rings. The van der Waals surface area contributed by atoms with Crippen LogP contribution in [0.3, 0.4) is 0 Å². The molecule has 20 heavy (non-hydrogen) atoms. The number of Topliss-reactive ketones (excluding diaryl/α,β-unsaturated/α-hetero) is 1. The third-order valence-electron chi connectivity index (χ3n) is 3.05. The summed E-state index contributed by atoms with van der Waals surface area (Å²) in [5, 5.41) is 0. The maximum Gasteiger partial charge on any atom is 0.196 e. The van der Waals surface area contributed by atoms with E-state index in [1.165, 1.54) is 6.26 Å². The minimum atomic E-state index is -0.156. The molecule has 0 saturated carbocycles. The predicted molar refractivity (Wildman–Crippen MR) is 73.7 cm³/mol. The van der Waals surface area contributed by atoms with Gasteiger partial charge in [-0.2, -0.15) is 0 Å². The third-order valence-corrected chi connectivity index (χ3v) is 3.05. The highest BCUT2D eigenvalue weighted by Crippen LogP contribution is 2.21. The quantitative estimate of drug-likeness (QED) is 0.460. The first-order valence-corrected chi connectivity index (χ1v) is 6.36. The summed E-state index contributed by atoms with van der Waals surface area (Å²) in [5.41, 5.74) is 0.900. The van der Waals surface area contributed by atoms with E-state index in [0.29, 0.717) is 23.5 Å². The summed E-state index contributed by atoms with van der Waals surface area (Å²) in [7, 11) is 0. The maximum atomic E-state index is 12.2. The summed E-state index contributed by atoms with van der Waals surface area (Å²) in [6.07, 6.45) is 1.74. The highest BCUT2D eigenvalue weighted by Gasteiger charge is 2.23. The number of allylic oxidation sites excluding steroid dienone is 1. The molecule has 0 N–H and O–H groups in total. The number of ketones is 1. The van der Waals surface area contributed by atoms with Gasteiger partial charge in [-0.25, -0.2) is 0 Å². The minimum Gasteiger partial charge on any atom is -0.491 e. The number of carbonyl (C=O) groups is 1. The van der Waals surface area contributed by atoms with Crippen molar-refractivity contribution in [1.82, 2.24) is 0 Å². The Morgan fingerprint density at radius 1 is 1.30 bits per heavy atom. The zero-order chi connectivity index (χ0) is 13.9. The van der Waals surface area contributed by atoms with Crippen molar-refractivity contribution < 1.29 is 18.7 Å². The van der Waals surface area contributed by atoms with Crippen molar-refractivity contribution in [2.75, 3.05) is 13.2 Å². The van der Waals surface area contributed by atoms with Gasteiger partial charge in [-0.3, -0.25) is 4.79 Å². The molecular formula is C16H14O4. The highest BCUT2D eigenvalue weighted by atomic mass is 16.6. The molecular weight excluding hydrogens is 256 g/mol. The Bertz CT molecular complexity index is 606. The Hall–Kier alpha value is -2.33. The molecule has 0 spiro atoms. The van der Waals surface area contributed by atoms with Crippen molar-refractivity contribution in [3.8, 4) is 5.75 Å². The summed E-state index contributed by atoms with van der Waals surface area (Å²) in [4.78, 5) is 12.2. The Kier molecular flexibility index (Phi) is 3.39. The van der Waals surface area contributed by atoms with Crippen LogP contribution in [0.15, 0.2) is 53.7 Å². The first-order valence-electron chi connectivity index (χ1n) is 6.36. The number of benzene rings is 1. The lowest BCUT2D eigenvalue weighted by Gasteiger charge is -2.06. The summed E-state index contributed by atoms with van der Waals surface area (Å²) in [6, 6.07) is 10.4. The van der Waals surface area contributed by atoms with Crippen LogP contribution in [0.1, 0.15) is 16.1 Å². The van der Waals surface area contributed by atoms with Gasteiger partial charge in [0.25, 0.3) is 0 Å². The van der Waals surface area contributed by atoms with Crippen molar-refractivity contribution in [3.63, 3.8) is 0 Å². The molecule has 0 aliphatic carbocycles. The van der Waals surface area contributed by atoms with Gasteiger partial charge in [0, 0.05) is 5.56 Å². The van der Waals surface area contributed by atoms with Crippen molar-refractivity contribution in [2.24, 2.45) is 0 Å². The van der Waals surface area contributed by atoms with Crippen molar-refractivity contribution in [3.05, 3.63) is 60.6 Å². The number of rotatable bonds is 6. The van der Waals surface area contributed by atoms with Crippen molar-refractivity contribution in [1.29, 1.82) is 0 Å². The van der Waals surface area contributed by atoms with E-state index in [1.54, 1.807) is 36.4 Å². The van der Waals surface area contributed by atoms with E-state index in [-0.39, 0.29) is 11.9 Å². The van der Waals surface area contributed by atoms with E-state index in [0.717, 1.165) is 12.4 Å². The Balaban J connectivity index is 1.66. The van der Waals surface area contributed by atoms with E-state index in [9.17, 15) is 4.79 Å². The molecule has 2 heterocycles. The number of furan rings is 1. The second-order valence-corrected chi connectivity index (χ2v) is 4.58. The molecule has 1 aromatic heterocycles. The van der Waals surface area contributed by atoms with Crippen LogP contribution in [0, 0.1) is 0 Å². The molecule has 0 amide bonds. The lowest BCUT2D eigenvalue weighted by molar-refractivity contribution is 0.105. The van der Waals surface area contributed by atoms with Crippen LogP contribution in [-0.4, -0.2) is 25.1 Å². The van der Waals surface area contributed by atoms with Crippen LogP contribution >= 0.6 is 0 Å². The molecule has 0 bridgehead atoms. The van der Waals surface area contributed by atoms with Gasteiger partial charge in [0.05, 0.1) is 18.4 Å². The second-order valence-electron chi connectivity index (χ2n) is 4.58. The SMILES string of the molecule is C=C(C(=O)c1ccc(OCC2CO2)cc1)c1ccco1. The van der Waals surface area contributed by atoms with Gasteiger partial charge in [0.15, 0.2) is 5.78 Å². The van der Waals surface area contributed by atoms with Gasteiger partial charge >= 0.3 is 0 Å². The molecule has 2 aromatic rings. The van der Waals surface area contributed by atoms with E-state index >= 15 is 0 Å². The van der Waals surface area contributed by atoms with Gasteiger partial charge < -0.3 is 13.9 Å². The molecule has 1 saturated heterocycles. The molecule has 1 unspecified atom stereocenters. The number of ether oxygens (including phenoxy) is 2. The van der Waals surface area contributed by atoms with Crippen LogP contribution < -0.4 is 4.74 Å². The van der Waals surface area contributed by atoms with Crippen LogP contribution in [0.2, 0.25) is 0 Å². The van der Waals surface area contributed by atoms with Gasteiger partial charge in [0.1, 0.15) is 24.2 Å². The lowest BCUT2D eigenvalue weighted by Crippen LogP contribution is -2.05. The molecule has 102 valence electrons. The molecule has 0 radical (unpaired) electrons. The molecule has 1 atom stereocenters. The zero-order valence-corrected chi connectivity index (χ0v) is 10.9. The molecule has 4 heteroatoms. The summed E-state index contributed by atoms with van der Waals surface area (Å²) < 4.78 is 15.8. The maximum absolute atomic E-state index is 12.2. The number of epoxide rings is 1. The molecule has 4 nitrogen and oxygen atoms in total. The number of hydrogen-bond donors (Lipinski definition) is 0. The van der Waals surface area contributed by atoms with Crippen LogP contribution in [0.5, 0.6) is 5.75 Å². The van der Waals surface area contributed by atoms with E-state index in [4.69, 9.17) is 13.9 Å². The number of hydrogen-bond acceptors (Lipinski definition) is 4. The van der Waals surface area contributed by atoms with Gasteiger partial charge in [0.2, 0.25) is 0 Å². The Labute approximate surface area is 116 Å². The summed E-state index contributed by atoms with van der Waals surface area (Å²) >= 11 is 0. The Morgan fingerprint density at radius 3 is 2.65 bits per heavy atom. The van der Waals surface area contributed by atoms with Crippen LogP contribution in [0.4, 0.5) is 0 Å². The topological polar surface area (TPSA) is 52.0 Å². The summed E-state index contributed by atoms with van der Waals surface area (Å²) in [5.74, 6) is 1.05. The normalized spacial score (nSPS) is 16.7. The van der Waals surface area contributed by atoms with Gasteiger partial charge in [-0.15, -0.1) is 0 Å². The first-order chi connectivity index (χ1) is 9.74. The van der Waals surface area contributed by atoms with E-state index < -0.39 is 0 Å². The molecule has 3 rings (SSSR count). The molecule has 1 aliphatic heterocycles. The monoisotopic (exact) mass is 270 g/mol. The van der Waals surface area contributed by atoms with Gasteiger partial charge in [-0.05, 0) is 36.4 Å². The second kappa shape index (κ2) is 5.35. The van der Waals surface area contributed by atoms with Crippen molar-refractivity contribution in [2.45, 2.75) is 6.10 Å². The fraction of sp³-hybridized carbons (Fsp3) is 0.188. The molecule has 1 fully saturated rings. The average molecular weight is 270 g/mol. The van der Waals surface area contributed by atoms with E-state index in [2.05, 4.69) is 6.58 Å². The zero-order valence-electron chi connectivity index (χ0n) is 10.9. The average Bonchev–Trinajstić information content (AvgIpc) is 3.16. The fourth-order valence-corrected chi connectivity index (χ4v) is 1.79. The fourth-order valence-electron chi connectivity index (χ4n) is 1.79. The van der Waals surface area contributed by atoms with E-state index in [1.807, 2.05) is 0 Å². The smallest absolute Gasteiger partial charge is 0.196 e. The lowest BCUT2D eigenvalue weighted by atomic mass is 10.0. The van der Waals surface area contributed by atoms with Crippen molar-refractivity contribution >= 4 is 11.4 Å². The Morgan fingerprint density at radius 2 is 2.05 bits per heavy atom. The first kappa shape index (κ1) is 12.7. The summed E-state index contributed by atoms with van der Waals surface area (Å²) in [6.45, 7) is 5.08. The third kappa shape index (κ3) is 2.81. The van der Waals surface area contributed by atoms with Crippen LogP contribution in [-0.2, 0) is 4.74 Å². The van der Waals surface area contributed by atoms with Gasteiger partial charge in [-0.1, -0.05) is 6.58 Å². The van der Waals surface area contributed by atoms with Crippen LogP contribution in [0.25, 0.3) is 5.57 Å². The predicted octanol–water partition coefficient (Wildman–Crippen LogP) is 2.95. The standard InChI is InChI=1S/C16H14O4/c1-11(15-3-2-8-18-15)16(17)12-4-6-13(7-5-12)19-9-14-10-20-14/h2-8,14H,1,9-10H2. The highest BCUT2D eigenvalue weighted by molar-refractivity contribution is 6.27.